The Balaban J connectivity index is 1.70. The summed E-state index contributed by atoms with van der Waals surface area (Å²) in [7, 11) is 0. The van der Waals surface area contributed by atoms with E-state index in [1.165, 1.54) is 25.3 Å². The molecule has 1 atom stereocenters. The first-order valence-electron chi connectivity index (χ1n) is 10.9. The fourth-order valence-corrected chi connectivity index (χ4v) is 4.11. The number of rotatable bonds is 8. The van der Waals surface area contributed by atoms with Gasteiger partial charge in [0.25, 0.3) is 0 Å². The maximum atomic E-state index is 13.1. The summed E-state index contributed by atoms with van der Waals surface area (Å²) in [5.41, 5.74) is -2.89. The predicted molar refractivity (Wildman–Crippen MR) is 123 cm³/mol. The fraction of sp³-hybridized carbons (Fsp3) is 0.333. The van der Waals surface area contributed by atoms with Crippen molar-refractivity contribution < 1.29 is 45.8 Å². The number of hydrogen-bond donors (Lipinski definition) is 1. The van der Waals surface area contributed by atoms with Gasteiger partial charge >= 0.3 is 24.3 Å². The number of carbonyl (C=O) groups is 2. The van der Waals surface area contributed by atoms with Gasteiger partial charge in [0.15, 0.2) is 0 Å². The molecule has 1 N–H and O–H groups in total. The molecular formula is C24H21F6N3O4S. The molecule has 0 spiro atoms. The van der Waals surface area contributed by atoms with Crippen LogP contribution in [0.15, 0.2) is 53.6 Å². The van der Waals surface area contributed by atoms with Crippen LogP contribution in [0.5, 0.6) is 0 Å². The number of carboxylic acids is 1. The lowest BCUT2D eigenvalue weighted by atomic mass is 10.0. The second-order valence-electron chi connectivity index (χ2n) is 8.74. The maximum absolute atomic E-state index is 13.1. The van der Waals surface area contributed by atoms with E-state index in [0.29, 0.717) is 17.0 Å². The van der Waals surface area contributed by atoms with Crippen molar-refractivity contribution >= 4 is 23.7 Å². The molecule has 0 amide bonds. The highest BCUT2D eigenvalue weighted by Gasteiger charge is 2.37. The number of aliphatic carboxylic acids is 1. The summed E-state index contributed by atoms with van der Waals surface area (Å²) >= 11 is 1.10. The van der Waals surface area contributed by atoms with Gasteiger partial charge in [-0.2, -0.15) is 26.3 Å². The third-order valence-electron chi connectivity index (χ3n) is 5.23. The van der Waals surface area contributed by atoms with Gasteiger partial charge in [0.05, 0.1) is 29.4 Å². The van der Waals surface area contributed by atoms with Crippen LogP contribution in [0, 0.1) is 0 Å². The Morgan fingerprint density at radius 1 is 1.00 bits per heavy atom. The van der Waals surface area contributed by atoms with Crippen molar-refractivity contribution in [2.75, 3.05) is 0 Å². The minimum Gasteiger partial charge on any atom is -0.480 e. The first-order valence-corrected chi connectivity index (χ1v) is 11.7. The predicted octanol–water partition coefficient (Wildman–Crippen LogP) is 6.24. The molecule has 0 radical (unpaired) electrons. The lowest BCUT2D eigenvalue weighted by Crippen LogP contribution is -2.26. The minimum atomic E-state index is -4.98. The van der Waals surface area contributed by atoms with Crippen molar-refractivity contribution in [3.8, 4) is 0 Å². The van der Waals surface area contributed by atoms with Crippen LogP contribution in [-0.4, -0.2) is 36.8 Å². The van der Waals surface area contributed by atoms with E-state index in [1.54, 1.807) is 26.0 Å². The van der Waals surface area contributed by atoms with Gasteiger partial charge in [0, 0.05) is 4.90 Å². The number of carbonyl (C=O) groups excluding carboxylic acids is 1. The normalized spacial score (nSPS) is 13.3. The van der Waals surface area contributed by atoms with Crippen LogP contribution < -0.4 is 0 Å². The molecule has 3 rings (SSSR count). The molecule has 1 heterocycles. The highest BCUT2D eigenvalue weighted by molar-refractivity contribution is 8.01. The van der Waals surface area contributed by atoms with Crippen LogP contribution in [-0.2, 0) is 28.4 Å². The summed E-state index contributed by atoms with van der Waals surface area (Å²) in [6.45, 7) is 4.11. The summed E-state index contributed by atoms with van der Waals surface area (Å²) < 4.78 is 83.9. The van der Waals surface area contributed by atoms with E-state index < -0.39 is 52.8 Å². The molecule has 0 aliphatic rings. The maximum Gasteiger partial charge on any atom is 0.416 e. The average molecular weight is 562 g/mol. The van der Waals surface area contributed by atoms with Crippen LogP contribution in [0.4, 0.5) is 26.3 Å². The topological polar surface area (TPSA) is 94.3 Å². The quantitative estimate of drug-likeness (QED) is 0.198. The highest BCUT2D eigenvalue weighted by atomic mass is 32.2. The second-order valence-corrected chi connectivity index (χ2v) is 10.4. The van der Waals surface area contributed by atoms with Gasteiger partial charge in [0.2, 0.25) is 0 Å². The van der Waals surface area contributed by atoms with Crippen molar-refractivity contribution in [3.05, 3.63) is 76.6 Å². The van der Waals surface area contributed by atoms with Gasteiger partial charge in [-0.15, -0.1) is 16.9 Å². The zero-order chi connectivity index (χ0) is 28.5. The Bertz CT molecular complexity index is 1290. The molecule has 7 nitrogen and oxygen atoms in total. The van der Waals surface area contributed by atoms with Crippen LogP contribution in [0.25, 0.3) is 0 Å². The number of thioether (sulfide) groups is 1. The minimum absolute atomic E-state index is 0.0377. The number of ether oxygens (including phenoxy) is 1. The number of nitrogens with zero attached hydrogens (tertiary/aromatic N) is 3. The van der Waals surface area contributed by atoms with Crippen LogP contribution in [0.3, 0.4) is 0 Å². The molecule has 0 saturated carbocycles. The number of esters is 1. The van der Waals surface area contributed by atoms with Crippen molar-refractivity contribution in [1.82, 2.24) is 15.0 Å². The van der Waals surface area contributed by atoms with E-state index in [4.69, 9.17) is 4.74 Å². The van der Waals surface area contributed by atoms with Crippen molar-refractivity contribution in [3.63, 3.8) is 0 Å². The third-order valence-corrected chi connectivity index (χ3v) is 6.42. The van der Waals surface area contributed by atoms with Gasteiger partial charge in [-0.05, 0) is 68.8 Å². The number of carboxylic acid groups (broad SMARTS) is 1. The summed E-state index contributed by atoms with van der Waals surface area (Å²) in [5, 5.41) is 16.8. The zero-order valence-electron chi connectivity index (χ0n) is 20.1. The zero-order valence-corrected chi connectivity index (χ0v) is 20.9. The van der Waals surface area contributed by atoms with Crippen molar-refractivity contribution in [2.24, 2.45) is 0 Å². The Labute approximate surface area is 216 Å². The lowest BCUT2D eigenvalue weighted by Gasteiger charge is -2.18. The average Bonchev–Trinajstić information content (AvgIpc) is 3.26. The molecule has 38 heavy (non-hydrogen) atoms. The molecule has 0 saturated heterocycles. The van der Waals surface area contributed by atoms with Crippen LogP contribution >= 0.6 is 11.8 Å². The van der Waals surface area contributed by atoms with E-state index in [2.05, 4.69) is 10.3 Å². The summed E-state index contributed by atoms with van der Waals surface area (Å²) in [6, 6.07) is 7.28. The van der Waals surface area contributed by atoms with E-state index in [0.717, 1.165) is 16.4 Å². The van der Waals surface area contributed by atoms with Gasteiger partial charge in [0.1, 0.15) is 16.5 Å². The van der Waals surface area contributed by atoms with Crippen LogP contribution in [0.2, 0.25) is 0 Å². The summed E-state index contributed by atoms with van der Waals surface area (Å²) in [4.78, 5) is 24.4. The Morgan fingerprint density at radius 2 is 1.55 bits per heavy atom. The van der Waals surface area contributed by atoms with Crippen LogP contribution in [0.1, 0.15) is 59.6 Å². The smallest absolute Gasteiger partial charge is 0.416 e. The van der Waals surface area contributed by atoms with Gasteiger partial charge < -0.3 is 9.84 Å². The van der Waals surface area contributed by atoms with E-state index in [9.17, 15) is 41.0 Å². The highest BCUT2D eigenvalue weighted by Crippen LogP contribution is 2.36. The molecule has 0 fully saturated rings. The molecule has 2 aromatic carbocycles. The van der Waals surface area contributed by atoms with E-state index in [-0.39, 0.29) is 22.9 Å². The van der Waals surface area contributed by atoms with E-state index >= 15 is 0 Å². The largest absolute Gasteiger partial charge is 0.480 e. The fourth-order valence-electron chi connectivity index (χ4n) is 3.16. The number of hydrogen-bond acceptors (Lipinski definition) is 6. The SMILES string of the molecule is C[C@@H](OC(=O)c1ccc(SC(C)(C)C(=O)O)cc1)c1cn(Cc2cc(C(F)(F)F)cc(C(F)(F)F)c2)nn1. The van der Waals surface area contributed by atoms with Crippen molar-refractivity contribution in [2.45, 2.75) is 55.4 Å². The summed E-state index contributed by atoms with van der Waals surface area (Å²) in [6.07, 6.45) is -9.65. The van der Waals surface area contributed by atoms with Gasteiger partial charge in [-0.3, -0.25) is 4.79 Å². The lowest BCUT2D eigenvalue weighted by molar-refractivity contribution is -0.143. The second kappa shape index (κ2) is 10.7. The Kier molecular flexibility index (Phi) is 8.15. The molecule has 14 heteroatoms. The number of benzene rings is 2. The molecule has 0 aliphatic heterocycles. The molecule has 204 valence electrons. The standard InChI is InChI=1S/C24H21F6N3O4S/c1-13(37-20(34)15-4-6-18(7-5-15)38-22(2,3)21(35)36)19-12-33(32-31-19)11-14-8-16(23(25,26)27)10-17(9-14)24(28,29)30/h4-10,12-13H,11H2,1-3H3,(H,35,36)/t13-/m1/s1. The third kappa shape index (κ3) is 7.27. The number of aromatic nitrogens is 3. The first kappa shape index (κ1) is 29.0. The van der Waals surface area contributed by atoms with Gasteiger partial charge in [-0.1, -0.05) is 5.21 Å². The Morgan fingerprint density at radius 3 is 2.05 bits per heavy atom. The van der Waals surface area contributed by atoms with Gasteiger partial charge in [-0.25, -0.2) is 9.48 Å². The molecular weight excluding hydrogens is 540 g/mol. The van der Waals surface area contributed by atoms with Crippen molar-refractivity contribution in [1.29, 1.82) is 0 Å². The van der Waals surface area contributed by atoms with E-state index in [1.807, 2.05) is 0 Å². The monoisotopic (exact) mass is 561 g/mol. The molecule has 3 aromatic rings. The first-order chi connectivity index (χ1) is 17.5. The number of alkyl halides is 6. The number of halogens is 6. The molecule has 0 aliphatic carbocycles. The molecule has 0 bridgehead atoms. The molecule has 1 aromatic heterocycles. The molecule has 0 unspecified atom stereocenters. The Hall–Kier alpha value is -3.55. The summed E-state index contributed by atoms with van der Waals surface area (Å²) in [5.74, 6) is -1.73.